The van der Waals surface area contributed by atoms with Gasteiger partial charge in [-0.15, -0.1) is 0 Å². The molecule has 184 valence electrons. The Morgan fingerprint density at radius 2 is 1.34 bits per heavy atom. The Labute approximate surface area is 210 Å². The van der Waals surface area contributed by atoms with Gasteiger partial charge in [-0.25, -0.2) is 0 Å². The topological polar surface area (TPSA) is 49.4 Å². The first kappa shape index (κ1) is 26.2. The van der Waals surface area contributed by atoms with Gasteiger partial charge in [-0.1, -0.05) is 104 Å². The van der Waals surface area contributed by atoms with E-state index in [4.69, 9.17) is 0 Å². The lowest BCUT2D eigenvalue weighted by Gasteiger charge is -2.32. The van der Waals surface area contributed by atoms with E-state index in [1.807, 2.05) is 49.4 Å². The summed E-state index contributed by atoms with van der Waals surface area (Å²) in [6, 6.07) is 25.8. The molecule has 0 saturated carbocycles. The normalized spacial score (nSPS) is 11.8. The van der Waals surface area contributed by atoms with E-state index in [2.05, 4.69) is 62.5 Å². The fourth-order valence-corrected chi connectivity index (χ4v) is 4.02. The van der Waals surface area contributed by atoms with Crippen LogP contribution in [0.1, 0.15) is 48.1 Å². The number of carbonyl (C=O) groups excluding carboxylic acids is 2. The van der Waals surface area contributed by atoms with Crippen molar-refractivity contribution in [3.63, 3.8) is 0 Å². The summed E-state index contributed by atoms with van der Waals surface area (Å²) >= 11 is 0. The van der Waals surface area contributed by atoms with E-state index in [0.717, 1.165) is 16.7 Å². The van der Waals surface area contributed by atoms with Gasteiger partial charge in [0.2, 0.25) is 11.8 Å². The zero-order valence-corrected chi connectivity index (χ0v) is 21.5. The molecule has 0 aliphatic heterocycles. The Morgan fingerprint density at radius 3 is 1.91 bits per heavy atom. The number of benzene rings is 3. The predicted molar refractivity (Wildman–Crippen MR) is 143 cm³/mol. The van der Waals surface area contributed by atoms with E-state index in [-0.39, 0.29) is 11.8 Å². The highest BCUT2D eigenvalue weighted by molar-refractivity contribution is 5.88. The molecule has 1 N–H and O–H groups in total. The van der Waals surface area contributed by atoms with Gasteiger partial charge in [0.05, 0.1) is 0 Å². The number of carbonyl (C=O) groups is 2. The van der Waals surface area contributed by atoms with Crippen molar-refractivity contribution >= 4 is 11.8 Å². The number of amides is 2. The third-order valence-corrected chi connectivity index (χ3v) is 6.18. The van der Waals surface area contributed by atoms with Crippen molar-refractivity contribution in [2.45, 2.75) is 59.5 Å². The second kappa shape index (κ2) is 12.9. The Bertz CT molecular complexity index is 1070. The molecule has 0 saturated heterocycles. The summed E-state index contributed by atoms with van der Waals surface area (Å²) in [5.41, 5.74) is 5.56. The van der Waals surface area contributed by atoms with Crippen molar-refractivity contribution in [3.8, 4) is 0 Å². The molecule has 4 nitrogen and oxygen atoms in total. The van der Waals surface area contributed by atoms with Crippen LogP contribution >= 0.6 is 0 Å². The predicted octanol–water partition coefficient (Wildman–Crippen LogP) is 5.65. The molecule has 35 heavy (non-hydrogen) atoms. The highest BCUT2D eigenvalue weighted by Gasteiger charge is 2.30. The first-order chi connectivity index (χ1) is 16.8. The fourth-order valence-electron chi connectivity index (χ4n) is 4.02. The van der Waals surface area contributed by atoms with E-state index in [1.165, 1.54) is 11.1 Å². The molecule has 4 heteroatoms. The lowest BCUT2D eigenvalue weighted by Crippen LogP contribution is -2.51. The summed E-state index contributed by atoms with van der Waals surface area (Å²) in [4.78, 5) is 28.9. The number of nitrogens with zero attached hydrogens (tertiary/aromatic N) is 1. The van der Waals surface area contributed by atoms with Crippen LogP contribution in [0.2, 0.25) is 0 Å². The minimum absolute atomic E-state index is 0.00761. The summed E-state index contributed by atoms with van der Waals surface area (Å²) in [6.45, 7) is 9.24. The van der Waals surface area contributed by atoms with Crippen LogP contribution in [-0.4, -0.2) is 29.3 Å². The van der Waals surface area contributed by atoms with E-state index >= 15 is 0 Å². The summed E-state index contributed by atoms with van der Waals surface area (Å²) in [5, 5.41) is 3.08. The van der Waals surface area contributed by atoms with Crippen LogP contribution in [0.4, 0.5) is 0 Å². The van der Waals surface area contributed by atoms with Gasteiger partial charge < -0.3 is 10.2 Å². The molecule has 0 radical (unpaired) electrons. The zero-order chi connectivity index (χ0) is 25.2. The first-order valence-electron chi connectivity index (χ1n) is 12.5. The molecule has 0 fully saturated rings. The molecule has 0 aliphatic rings. The number of aryl methyl sites for hydroxylation is 3. The SMILES string of the molecule is Cc1ccc(CCC(=O)N(Cc2ccc(C)cc2)[C@H](Cc2ccccc2)C(=O)NCC(C)C)cc1. The van der Waals surface area contributed by atoms with E-state index in [9.17, 15) is 9.59 Å². The Hall–Kier alpha value is -3.40. The summed E-state index contributed by atoms with van der Waals surface area (Å²) < 4.78 is 0. The van der Waals surface area contributed by atoms with Gasteiger partial charge in [0.1, 0.15) is 6.04 Å². The van der Waals surface area contributed by atoms with Crippen molar-refractivity contribution in [2.24, 2.45) is 5.92 Å². The monoisotopic (exact) mass is 470 g/mol. The highest BCUT2D eigenvalue weighted by atomic mass is 16.2. The second-order valence-electron chi connectivity index (χ2n) is 9.84. The van der Waals surface area contributed by atoms with Gasteiger partial charge in [0.15, 0.2) is 0 Å². The van der Waals surface area contributed by atoms with E-state index in [1.54, 1.807) is 4.90 Å². The third kappa shape index (κ3) is 8.40. The minimum Gasteiger partial charge on any atom is -0.354 e. The van der Waals surface area contributed by atoms with Gasteiger partial charge in [0.25, 0.3) is 0 Å². The van der Waals surface area contributed by atoms with Crippen LogP contribution in [0.5, 0.6) is 0 Å². The van der Waals surface area contributed by atoms with Crippen molar-refractivity contribution < 1.29 is 9.59 Å². The molecule has 0 spiro atoms. The van der Waals surface area contributed by atoms with Gasteiger partial charge >= 0.3 is 0 Å². The molecule has 0 aromatic heterocycles. The molecule has 0 unspecified atom stereocenters. The summed E-state index contributed by atoms with van der Waals surface area (Å²) in [6.07, 6.45) is 1.49. The average Bonchev–Trinajstić information content (AvgIpc) is 2.86. The molecule has 2 amide bonds. The van der Waals surface area contributed by atoms with Crippen LogP contribution < -0.4 is 5.32 Å². The number of hydrogen-bond acceptors (Lipinski definition) is 2. The summed E-state index contributed by atoms with van der Waals surface area (Å²) in [7, 11) is 0. The lowest BCUT2D eigenvalue weighted by atomic mass is 10.0. The molecule has 3 aromatic carbocycles. The zero-order valence-electron chi connectivity index (χ0n) is 21.5. The van der Waals surface area contributed by atoms with Crippen molar-refractivity contribution in [1.82, 2.24) is 10.2 Å². The Kier molecular flexibility index (Phi) is 9.66. The van der Waals surface area contributed by atoms with Crippen molar-refractivity contribution in [2.75, 3.05) is 6.54 Å². The Balaban J connectivity index is 1.88. The van der Waals surface area contributed by atoms with Gasteiger partial charge in [-0.05, 0) is 42.9 Å². The fraction of sp³-hybridized carbons (Fsp3) is 0.355. The van der Waals surface area contributed by atoms with Gasteiger partial charge in [0, 0.05) is 25.9 Å². The average molecular weight is 471 g/mol. The van der Waals surface area contributed by atoms with Crippen LogP contribution in [-0.2, 0) is 29.0 Å². The second-order valence-corrected chi connectivity index (χ2v) is 9.84. The molecule has 3 rings (SSSR count). The van der Waals surface area contributed by atoms with Gasteiger partial charge in [-0.3, -0.25) is 9.59 Å². The lowest BCUT2D eigenvalue weighted by molar-refractivity contribution is -0.141. The largest absolute Gasteiger partial charge is 0.354 e. The number of nitrogens with one attached hydrogen (secondary N) is 1. The molecule has 1 atom stereocenters. The Morgan fingerprint density at radius 1 is 0.771 bits per heavy atom. The number of rotatable bonds is 11. The molecule has 0 aliphatic carbocycles. The standard InChI is InChI=1S/C31H38N2O2/c1-23(2)21-32-31(35)29(20-27-8-6-5-7-9-27)33(22-28-16-12-25(4)13-17-28)30(34)19-18-26-14-10-24(3)11-15-26/h5-17,23,29H,18-22H2,1-4H3,(H,32,35)/t29-/m1/s1. The number of hydrogen-bond donors (Lipinski definition) is 1. The molecule has 3 aromatic rings. The molecular formula is C31H38N2O2. The van der Waals surface area contributed by atoms with E-state index < -0.39 is 6.04 Å². The van der Waals surface area contributed by atoms with E-state index in [0.29, 0.717) is 38.3 Å². The molecule has 0 heterocycles. The maximum absolute atomic E-state index is 13.7. The maximum Gasteiger partial charge on any atom is 0.243 e. The van der Waals surface area contributed by atoms with Crippen molar-refractivity contribution in [1.29, 1.82) is 0 Å². The smallest absolute Gasteiger partial charge is 0.243 e. The highest BCUT2D eigenvalue weighted by Crippen LogP contribution is 2.18. The van der Waals surface area contributed by atoms with Crippen molar-refractivity contribution in [3.05, 3.63) is 107 Å². The maximum atomic E-state index is 13.7. The molecule has 0 bridgehead atoms. The minimum atomic E-state index is -0.581. The summed E-state index contributed by atoms with van der Waals surface area (Å²) in [5.74, 6) is 0.226. The quantitative estimate of drug-likeness (QED) is 0.394. The van der Waals surface area contributed by atoms with Crippen LogP contribution in [0, 0.1) is 19.8 Å². The van der Waals surface area contributed by atoms with Crippen LogP contribution in [0.3, 0.4) is 0 Å². The van der Waals surface area contributed by atoms with Crippen LogP contribution in [0.15, 0.2) is 78.9 Å². The van der Waals surface area contributed by atoms with Gasteiger partial charge in [-0.2, -0.15) is 0 Å². The first-order valence-corrected chi connectivity index (χ1v) is 12.5. The molecular weight excluding hydrogens is 432 g/mol. The third-order valence-electron chi connectivity index (χ3n) is 6.18. The van der Waals surface area contributed by atoms with Crippen LogP contribution in [0.25, 0.3) is 0 Å².